The Hall–Kier alpha value is -1.60. The zero-order valence-electron chi connectivity index (χ0n) is 11.2. The molecule has 1 aromatic carbocycles. The lowest BCUT2D eigenvalue weighted by Gasteiger charge is -2.25. The summed E-state index contributed by atoms with van der Waals surface area (Å²) in [5, 5.41) is 0. The Morgan fingerprint density at radius 3 is 2.32 bits per heavy atom. The summed E-state index contributed by atoms with van der Waals surface area (Å²) in [6.45, 7) is 0. The second-order valence-electron chi connectivity index (χ2n) is 4.24. The van der Waals surface area contributed by atoms with Gasteiger partial charge in [-0.05, 0) is 17.7 Å². The summed E-state index contributed by atoms with van der Waals surface area (Å²) in [5.41, 5.74) is 6.85. The first-order valence-electron chi connectivity index (χ1n) is 5.61. The van der Waals surface area contributed by atoms with Crippen molar-refractivity contribution in [2.75, 3.05) is 26.1 Å². The number of hydrogen-bond acceptors (Lipinski definition) is 5. The van der Waals surface area contributed by atoms with Gasteiger partial charge in [0.25, 0.3) is 0 Å². The van der Waals surface area contributed by atoms with E-state index in [0.29, 0.717) is 11.3 Å². The lowest BCUT2D eigenvalue weighted by Crippen LogP contribution is -2.32. The molecule has 19 heavy (non-hydrogen) atoms. The highest BCUT2D eigenvalue weighted by molar-refractivity contribution is 7.88. The van der Waals surface area contributed by atoms with E-state index < -0.39 is 22.0 Å². The number of carbonyl (C=O) groups excluding carboxylic acids is 1. The highest BCUT2D eigenvalue weighted by Crippen LogP contribution is 2.26. The van der Waals surface area contributed by atoms with E-state index in [-0.39, 0.29) is 6.42 Å². The molecular formula is C12H18N2O4S. The molecule has 1 aromatic rings. The topological polar surface area (TPSA) is 89.7 Å². The molecule has 0 bridgehead atoms. The van der Waals surface area contributed by atoms with Crippen LogP contribution < -0.4 is 5.73 Å². The van der Waals surface area contributed by atoms with Crippen molar-refractivity contribution in [1.82, 2.24) is 4.31 Å². The molecule has 1 unspecified atom stereocenters. The molecule has 0 saturated carbocycles. The minimum atomic E-state index is -3.42. The van der Waals surface area contributed by atoms with Crippen LogP contribution in [0.2, 0.25) is 0 Å². The zero-order valence-corrected chi connectivity index (χ0v) is 12.0. The third-order valence-electron chi connectivity index (χ3n) is 2.87. The number of anilines is 1. The smallest absolute Gasteiger partial charge is 0.307 e. The molecule has 2 N–H and O–H groups in total. The summed E-state index contributed by atoms with van der Waals surface area (Å²) in [7, 11) is -0.723. The number of carbonyl (C=O) groups is 1. The van der Waals surface area contributed by atoms with E-state index in [2.05, 4.69) is 4.74 Å². The van der Waals surface area contributed by atoms with Crippen LogP contribution in [0.15, 0.2) is 24.3 Å². The van der Waals surface area contributed by atoms with Crippen molar-refractivity contribution in [2.24, 2.45) is 0 Å². The van der Waals surface area contributed by atoms with Gasteiger partial charge in [-0.25, -0.2) is 8.42 Å². The number of nitrogens with two attached hydrogens (primary N) is 1. The maximum absolute atomic E-state index is 11.6. The first-order valence-corrected chi connectivity index (χ1v) is 7.45. The molecule has 0 aliphatic heterocycles. The van der Waals surface area contributed by atoms with E-state index >= 15 is 0 Å². The maximum Gasteiger partial charge on any atom is 0.307 e. The summed E-state index contributed by atoms with van der Waals surface area (Å²) in [5.74, 6) is -0.475. The molecule has 0 aliphatic rings. The van der Waals surface area contributed by atoms with Crippen LogP contribution in [-0.2, 0) is 19.6 Å². The molecule has 0 spiro atoms. The largest absolute Gasteiger partial charge is 0.469 e. The van der Waals surface area contributed by atoms with E-state index in [0.717, 1.165) is 10.6 Å². The average molecular weight is 286 g/mol. The molecule has 6 nitrogen and oxygen atoms in total. The van der Waals surface area contributed by atoms with E-state index in [4.69, 9.17) is 5.73 Å². The molecule has 1 rings (SSSR count). The Kier molecular flexibility index (Phi) is 4.90. The van der Waals surface area contributed by atoms with Crippen LogP contribution in [0.25, 0.3) is 0 Å². The van der Waals surface area contributed by atoms with Gasteiger partial charge in [0.15, 0.2) is 0 Å². The molecule has 0 aliphatic carbocycles. The maximum atomic E-state index is 11.6. The van der Waals surface area contributed by atoms with E-state index in [1.54, 1.807) is 24.3 Å². The summed E-state index contributed by atoms with van der Waals surface area (Å²) < 4.78 is 29.0. The lowest BCUT2D eigenvalue weighted by atomic mass is 10.0. The number of rotatable bonds is 5. The number of nitrogens with zero attached hydrogens (tertiary/aromatic N) is 1. The van der Waals surface area contributed by atoms with Crippen molar-refractivity contribution >= 4 is 21.7 Å². The number of sulfonamides is 1. The number of nitrogen functional groups attached to an aromatic ring is 1. The van der Waals surface area contributed by atoms with Gasteiger partial charge in [0.05, 0.1) is 25.8 Å². The van der Waals surface area contributed by atoms with Gasteiger partial charge in [-0.2, -0.15) is 4.31 Å². The molecule has 0 fully saturated rings. The van der Waals surface area contributed by atoms with Crippen LogP contribution in [0.1, 0.15) is 18.0 Å². The molecule has 0 amide bonds. The van der Waals surface area contributed by atoms with Crippen LogP contribution in [0.3, 0.4) is 0 Å². The molecule has 0 heterocycles. The standard InChI is InChI=1S/C12H18N2O4S/c1-14(19(3,16)17)11(8-12(15)18-2)9-4-6-10(13)7-5-9/h4-7,11H,8,13H2,1-3H3. The van der Waals surface area contributed by atoms with Gasteiger partial charge >= 0.3 is 5.97 Å². The fraction of sp³-hybridized carbons (Fsp3) is 0.417. The summed E-state index contributed by atoms with van der Waals surface area (Å²) in [6, 6.07) is 6.11. The molecule has 106 valence electrons. The predicted molar refractivity (Wildman–Crippen MR) is 72.8 cm³/mol. The van der Waals surface area contributed by atoms with Gasteiger partial charge in [-0.3, -0.25) is 4.79 Å². The van der Waals surface area contributed by atoms with Gasteiger partial charge in [-0.15, -0.1) is 0 Å². The number of ether oxygens (including phenoxy) is 1. The van der Waals surface area contributed by atoms with E-state index in [9.17, 15) is 13.2 Å². The third-order valence-corrected chi connectivity index (χ3v) is 4.17. The number of methoxy groups -OCH3 is 1. The van der Waals surface area contributed by atoms with Gasteiger partial charge in [0.2, 0.25) is 10.0 Å². The average Bonchev–Trinajstić information content (AvgIpc) is 2.35. The molecule has 0 radical (unpaired) electrons. The minimum absolute atomic E-state index is 0.0516. The Balaban J connectivity index is 3.12. The van der Waals surface area contributed by atoms with Gasteiger partial charge < -0.3 is 10.5 Å². The van der Waals surface area contributed by atoms with Crippen molar-refractivity contribution in [2.45, 2.75) is 12.5 Å². The van der Waals surface area contributed by atoms with Crippen LogP contribution in [0, 0.1) is 0 Å². The van der Waals surface area contributed by atoms with Crippen LogP contribution in [0.4, 0.5) is 5.69 Å². The van der Waals surface area contributed by atoms with Crippen LogP contribution in [0.5, 0.6) is 0 Å². The first-order chi connectivity index (χ1) is 8.75. The zero-order chi connectivity index (χ0) is 14.6. The van der Waals surface area contributed by atoms with Crippen molar-refractivity contribution in [3.63, 3.8) is 0 Å². The normalized spacial score (nSPS) is 13.3. The highest BCUT2D eigenvalue weighted by atomic mass is 32.2. The summed E-state index contributed by atoms with van der Waals surface area (Å²) in [6.07, 6.45) is 1.04. The minimum Gasteiger partial charge on any atom is -0.469 e. The molecule has 7 heteroatoms. The van der Waals surface area contributed by atoms with Crippen LogP contribution in [-0.4, -0.2) is 39.1 Å². The fourth-order valence-corrected chi connectivity index (χ4v) is 2.31. The number of esters is 1. The quantitative estimate of drug-likeness (QED) is 0.637. The Bertz CT molecular complexity index is 539. The molecular weight excluding hydrogens is 268 g/mol. The highest BCUT2D eigenvalue weighted by Gasteiger charge is 2.26. The fourth-order valence-electron chi connectivity index (χ4n) is 1.65. The first kappa shape index (κ1) is 15.5. The molecule has 1 atom stereocenters. The van der Waals surface area contributed by atoms with Crippen molar-refractivity contribution < 1.29 is 17.9 Å². The second kappa shape index (κ2) is 6.03. The van der Waals surface area contributed by atoms with Crippen LogP contribution >= 0.6 is 0 Å². The Morgan fingerprint density at radius 2 is 1.89 bits per heavy atom. The predicted octanol–water partition coefficient (Wildman–Crippen LogP) is 0.764. The SMILES string of the molecule is COC(=O)CC(c1ccc(N)cc1)N(C)S(C)(=O)=O. The number of benzene rings is 1. The van der Waals surface area contributed by atoms with Gasteiger partial charge in [0.1, 0.15) is 0 Å². The van der Waals surface area contributed by atoms with Gasteiger partial charge in [0, 0.05) is 12.7 Å². The Labute approximate surface area is 113 Å². The van der Waals surface area contributed by atoms with Gasteiger partial charge in [-0.1, -0.05) is 12.1 Å². The van der Waals surface area contributed by atoms with Crippen molar-refractivity contribution in [1.29, 1.82) is 0 Å². The van der Waals surface area contributed by atoms with E-state index in [1.165, 1.54) is 14.2 Å². The van der Waals surface area contributed by atoms with Crippen molar-refractivity contribution in [3.05, 3.63) is 29.8 Å². The molecule has 0 aromatic heterocycles. The number of hydrogen-bond donors (Lipinski definition) is 1. The lowest BCUT2D eigenvalue weighted by molar-refractivity contribution is -0.141. The third kappa shape index (κ3) is 4.22. The monoisotopic (exact) mass is 286 g/mol. The second-order valence-corrected chi connectivity index (χ2v) is 6.28. The molecule has 0 saturated heterocycles. The van der Waals surface area contributed by atoms with Crippen molar-refractivity contribution in [3.8, 4) is 0 Å². The van der Waals surface area contributed by atoms with E-state index in [1.807, 2.05) is 0 Å². The summed E-state index contributed by atoms with van der Waals surface area (Å²) in [4.78, 5) is 11.4. The Morgan fingerprint density at radius 1 is 1.37 bits per heavy atom. The summed E-state index contributed by atoms with van der Waals surface area (Å²) >= 11 is 0.